The Kier molecular flexibility index (Phi) is 8.96. The van der Waals surface area contributed by atoms with E-state index in [2.05, 4.69) is 5.32 Å². The van der Waals surface area contributed by atoms with Crippen LogP contribution >= 0.6 is 24.0 Å². The molecule has 2 atom stereocenters. The molecule has 7 heteroatoms. The Morgan fingerprint density at radius 3 is 2.48 bits per heavy atom. The zero-order valence-electron chi connectivity index (χ0n) is 16.2. The second-order valence-corrected chi connectivity index (χ2v) is 7.50. The van der Waals surface area contributed by atoms with Gasteiger partial charge in [0.2, 0.25) is 5.91 Å². The topological polar surface area (TPSA) is 75.4 Å². The molecule has 0 radical (unpaired) electrons. The van der Waals surface area contributed by atoms with Gasteiger partial charge in [0.1, 0.15) is 0 Å². The number of carbonyl (C=O) groups is 2. The van der Waals surface area contributed by atoms with E-state index in [-0.39, 0.29) is 36.7 Å². The van der Waals surface area contributed by atoms with Gasteiger partial charge in [0.25, 0.3) is 5.91 Å². The summed E-state index contributed by atoms with van der Waals surface area (Å²) in [6.07, 6.45) is 3.21. The third-order valence-corrected chi connectivity index (χ3v) is 5.55. The summed E-state index contributed by atoms with van der Waals surface area (Å²) in [5, 5.41) is 3.38. The maximum absolute atomic E-state index is 13.0. The second-order valence-electron chi connectivity index (χ2n) is 7.09. The average molecular weight is 436 g/mol. The van der Waals surface area contributed by atoms with Crippen molar-refractivity contribution in [2.45, 2.75) is 37.8 Å². The molecular weight excluding hydrogens is 409 g/mol. The summed E-state index contributed by atoms with van der Waals surface area (Å²) in [7, 11) is 0. The zero-order valence-corrected chi connectivity index (χ0v) is 17.8. The van der Waals surface area contributed by atoms with Gasteiger partial charge < -0.3 is 16.0 Å². The van der Waals surface area contributed by atoms with Gasteiger partial charge in [-0.25, -0.2) is 0 Å². The Hall–Kier alpha value is -2.08. The molecule has 1 heterocycles. The van der Waals surface area contributed by atoms with Gasteiger partial charge in [-0.2, -0.15) is 0 Å². The molecule has 2 aromatic rings. The molecule has 2 amide bonds. The number of nitrogens with zero attached hydrogens (tertiary/aromatic N) is 1. The van der Waals surface area contributed by atoms with Gasteiger partial charge in [0.05, 0.1) is 23.0 Å². The molecule has 3 rings (SSSR count). The van der Waals surface area contributed by atoms with E-state index >= 15 is 0 Å². The molecule has 29 heavy (non-hydrogen) atoms. The molecule has 1 aliphatic heterocycles. The van der Waals surface area contributed by atoms with Gasteiger partial charge in [-0.3, -0.25) is 9.59 Å². The Balaban J connectivity index is 0.00000300. The molecule has 156 valence electrons. The SMILES string of the molecule is Cl.NCC1CCCCN1C(=O)CC(NC(=O)c1ccccc1Cl)c1ccccc1. The molecule has 1 saturated heterocycles. The molecule has 0 spiro atoms. The molecule has 0 bridgehead atoms. The average Bonchev–Trinajstić information content (AvgIpc) is 2.74. The van der Waals surface area contributed by atoms with Crippen molar-refractivity contribution >= 4 is 35.8 Å². The third-order valence-electron chi connectivity index (χ3n) is 5.22. The summed E-state index contributed by atoms with van der Waals surface area (Å²) in [5.74, 6) is -0.273. The molecule has 3 N–H and O–H groups in total. The maximum Gasteiger partial charge on any atom is 0.253 e. The zero-order chi connectivity index (χ0) is 19.9. The highest BCUT2D eigenvalue weighted by atomic mass is 35.5. The lowest BCUT2D eigenvalue weighted by atomic mass is 9.98. The Bertz CT molecular complexity index is 817. The van der Waals surface area contributed by atoms with Crippen LogP contribution in [-0.2, 0) is 4.79 Å². The van der Waals surface area contributed by atoms with E-state index in [1.807, 2.05) is 35.2 Å². The minimum Gasteiger partial charge on any atom is -0.345 e. The van der Waals surface area contributed by atoms with E-state index in [0.29, 0.717) is 17.1 Å². The minimum atomic E-state index is -0.433. The first kappa shape index (κ1) is 23.2. The highest BCUT2D eigenvalue weighted by molar-refractivity contribution is 6.33. The molecule has 0 aromatic heterocycles. The fourth-order valence-electron chi connectivity index (χ4n) is 3.68. The first-order valence-corrected chi connectivity index (χ1v) is 10.1. The molecule has 0 aliphatic carbocycles. The van der Waals surface area contributed by atoms with Crippen LogP contribution in [0.3, 0.4) is 0 Å². The van der Waals surface area contributed by atoms with Crippen LogP contribution in [0.2, 0.25) is 5.02 Å². The number of hydrogen-bond acceptors (Lipinski definition) is 3. The van der Waals surface area contributed by atoms with Gasteiger partial charge in [0, 0.05) is 19.1 Å². The molecule has 5 nitrogen and oxygen atoms in total. The summed E-state index contributed by atoms with van der Waals surface area (Å²) in [6, 6.07) is 16.1. The van der Waals surface area contributed by atoms with Crippen molar-refractivity contribution in [1.82, 2.24) is 10.2 Å². The predicted molar refractivity (Wildman–Crippen MR) is 118 cm³/mol. The van der Waals surface area contributed by atoms with Crippen LogP contribution in [-0.4, -0.2) is 35.8 Å². The van der Waals surface area contributed by atoms with E-state index in [1.54, 1.807) is 24.3 Å². The second kappa shape index (κ2) is 11.2. The van der Waals surface area contributed by atoms with Crippen molar-refractivity contribution < 1.29 is 9.59 Å². The molecule has 0 saturated carbocycles. The van der Waals surface area contributed by atoms with Crippen molar-refractivity contribution in [2.24, 2.45) is 5.73 Å². The summed E-state index contributed by atoms with van der Waals surface area (Å²) in [6.45, 7) is 1.19. The van der Waals surface area contributed by atoms with Crippen LogP contribution in [0.5, 0.6) is 0 Å². The standard InChI is InChI=1S/C22H26ClN3O2.ClH/c23-19-12-5-4-11-18(19)22(28)25-20(16-8-2-1-3-9-16)14-21(27)26-13-7-6-10-17(26)15-24;/h1-5,8-9,11-12,17,20H,6-7,10,13-15,24H2,(H,25,28);1H. The van der Waals surface area contributed by atoms with E-state index in [4.69, 9.17) is 17.3 Å². The quantitative estimate of drug-likeness (QED) is 0.720. The number of nitrogens with one attached hydrogen (secondary N) is 1. The van der Waals surface area contributed by atoms with Crippen LogP contribution in [0.1, 0.15) is 47.6 Å². The Morgan fingerprint density at radius 1 is 1.10 bits per heavy atom. The van der Waals surface area contributed by atoms with Crippen LogP contribution < -0.4 is 11.1 Å². The Morgan fingerprint density at radius 2 is 1.79 bits per heavy atom. The predicted octanol–water partition coefficient (Wildman–Crippen LogP) is 3.96. The first-order valence-electron chi connectivity index (χ1n) is 9.70. The number of likely N-dealkylation sites (tertiary alicyclic amines) is 1. The number of piperidine rings is 1. The summed E-state index contributed by atoms with van der Waals surface area (Å²) < 4.78 is 0. The summed E-state index contributed by atoms with van der Waals surface area (Å²) in [5.41, 5.74) is 7.15. The third kappa shape index (κ3) is 5.95. The lowest BCUT2D eigenvalue weighted by Gasteiger charge is -2.36. The smallest absolute Gasteiger partial charge is 0.253 e. The van der Waals surface area contributed by atoms with Crippen molar-refractivity contribution in [3.63, 3.8) is 0 Å². The summed E-state index contributed by atoms with van der Waals surface area (Å²) >= 11 is 6.16. The molecule has 1 aliphatic rings. The number of halogens is 2. The Labute approximate surface area is 183 Å². The number of hydrogen-bond donors (Lipinski definition) is 2. The van der Waals surface area contributed by atoms with E-state index in [0.717, 1.165) is 31.4 Å². The highest BCUT2D eigenvalue weighted by Gasteiger charge is 2.28. The highest BCUT2D eigenvalue weighted by Crippen LogP contribution is 2.24. The number of rotatable bonds is 6. The number of carbonyl (C=O) groups excluding carboxylic acids is 2. The van der Waals surface area contributed by atoms with Crippen molar-refractivity contribution in [2.75, 3.05) is 13.1 Å². The van der Waals surface area contributed by atoms with Crippen LogP contribution in [0.25, 0.3) is 0 Å². The van der Waals surface area contributed by atoms with E-state index in [1.165, 1.54) is 0 Å². The monoisotopic (exact) mass is 435 g/mol. The van der Waals surface area contributed by atoms with Crippen LogP contribution in [0.4, 0.5) is 0 Å². The minimum absolute atomic E-state index is 0. The van der Waals surface area contributed by atoms with Gasteiger partial charge in [-0.1, -0.05) is 54.1 Å². The van der Waals surface area contributed by atoms with Crippen LogP contribution in [0.15, 0.2) is 54.6 Å². The maximum atomic E-state index is 13.0. The van der Waals surface area contributed by atoms with Crippen molar-refractivity contribution in [3.8, 4) is 0 Å². The fraction of sp³-hybridized carbons (Fsp3) is 0.364. The van der Waals surface area contributed by atoms with Gasteiger partial charge in [-0.05, 0) is 37.0 Å². The first-order chi connectivity index (χ1) is 13.6. The lowest BCUT2D eigenvalue weighted by Crippen LogP contribution is -2.48. The summed E-state index contributed by atoms with van der Waals surface area (Å²) in [4.78, 5) is 27.7. The number of benzene rings is 2. The number of amides is 2. The molecule has 2 unspecified atom stereocenters. The van der Waals surface area contributed by atoms with E-state index < -0.39 is 6.04 Å². The number of nitrogens with two attached hydrogens (primary N) is 1. The lowest BCUT2D eigenvalue weighted by molar-refractivity contribution is -0.135. The molecule has 2 aromatic carbocycles. The van der Waals surface area contributed by atoms with Gasteiger partial charge >= 0.3 is 0 Å². The normalized spacial score (nSPS) is 17.2. The fourth-order valence-corrected chi connectivity index (χ4v) is 3.91. The van der Waals surface area contributed by atoms with Crippen LogP contribution in [0, 0.1) is 0 Å². The van der Waals surface area contributed by atoms with E-state index in [9.17, 15) is 9.59 Å². The van der Waals surface area contributed by atoms with Gasteiger partial charge in [-0.15, -0.1) is 12.4 Å². The molecule has 1 fully saturated rings. The van der Waals surface area contributed by atoms with Crippen molar-refractivity contribution in [3.05, 3.63) is 70.7 Å². The van der Waals surface area contributed by atoms with Gasteiger partial charge in [0.15, 0.2) is 0 Å². The largest absolute Gasteiger partial charge is 0.345 e. The van der Waals surface area contributed by atoms with Crippen molar-refractivity contribution in [1.29, 1.82) is 0 Å². The molecular formula is C22H27Cl2N3O2.